The Balaban J connectivity index is 2.59. The second-order valence-corrected chi connectivity index (χ2v) is 4.62. The second-order valence-electron chi connectivity index (χ2n) is 4.62. The third kappa shape index (κ3) is 4.57. The van der Waals surface area contributed by atoms with Crippen molar-refractivity contribution in [3.05, 3.63) is 29.3 Å². The van der Waals surface area contributed by atoms with Gasteiger partial charge in [0.15, 0.2) is 0 Å². The van der Waals surface area contributed by atoms with Gasteiger partial charge in [0.25, 0.3) is 0 Å². The zero-order chi connectivity index (χ0) is 15.1. The minimum Gasteiger partial charge on any atom is -0.496 e. The van der Waals surface area contributed by atoms with Crippen LogP contribution < -0.4 is 4.74 Å². The third-order valence-corrected chi connectivity index (χ3v) is 3.13. The number of rotatable bonds is 6. The zero-order valence-corrected chi connectivity index (χ0v) is 12.4. The van der Waals surface area contributed by atoms with Gasteiger partial charge >= 0.3 is 5.97 Å². The molecule has 0 aliphatic heterocycles. The molecule has 0 saturated carbocycles. The van der Waals surface area contributed by atoms with Crippen LogP contribution in [0.3, 0.4) is 0 Å². The lowest BCUT2D eigenvalue weighted by molar-refractivity contribution is -0.141. The molecule has 1 amide bonds. The summed E-state index contributed by atoms with van der Waals surface area (Å²) in [5.41, 5.74) is 1.92. The number of likely N-dealkylation sites (N-methyl/N-ethyl adjacent to an activating group) is 1. The number of esters is 1. The number of carbonyl (C=O) groups is 2. The number of benzene rings is 1. The topological polar surface area (TPSA) is 55.8 Å². The van der Waals surface area contributed by atoms with Gasteiger partial charge in [0.05, 0.1) is 27.1 Å². The van der Waals surface area contributed by atoms with Crippen LogP contribution in [0, 0.1) is 6.92 Å². The third-order valence-electron chi connectivity index (χ3n) is 3.13. The maximum absolute atomic E-state index is 12.0. The molecule has 0 aliphatic rings. The minimum absolute atomic E-state index is 0.0418. The van der Waals surface area contributed by atoms with E-state index in [0.717, 1.165) is 16.9 Å². The SMILES string of the molecule is COC(=O)CCN(C)C(=O)Cc1ccc(C)c(OC)c1. The van der Waals surface area contributed by atoms with Gasteiger partial charge in [-0.05, 0) is 24.1 Å². The summed E-state index contributed by atoms with van der Waals surface area (Å²) in [6.07, 6.45) is 0.490. The first kappa shape index (κ1) is 16.0. The van der Waals surface area contributed by atoms with E-state index >= 15 is 0 Å². The van der Waals surface area contributed by atoms with Gasteiger partial charge in [-0.25, -0.2) is 0 Å². The second kappa shape index (κ2) is 7.53. The Labute approximate surface area is 119 Å². The van der Waals surface area contributed by atoms with Crippen LogP contribution in [-0.4, -0.2) is 44.6 Å². The molecule has 5 nitrogen and oxygen atoms in total. The average molecular weight is 279 g/mol. The molecule has 1 aromatic rings. The normalized spacial score (nSPS) is 10.0. The quantitative estimate of drug-likeness (QED) is 0.742. The Morgan fingerprint density at radius 3 is 2.55 bits per heavy atom. The molecule has 0 N–H and O–H groups in total. The predicted octanol–water partition coefficient (Wildman–Crippen LogP) is 1.57. The van der Waals surface area contributed by atoms with Crippen LogP contribution in [0.2, 0.25) is 0 Å². The molecule has 0 saturated heterocycles. The van der Waals surface area contributed by atoms with E-state index in [1.54, 1.807) is 14.2 Å². The molecule has 0 atom stereocenters. The monoisotopic (exact) mass is 279 g/mol. The van der Waals surface area contributed by atoms with Gasteiger partial charge in [-0.2, -0.15) is 0 Å². The molecule has 0 bridgehead atoms. The van der Waals surface area contributed by atoms with Crippen LogP contribution in [0.5, 0.6) is 5.75 Å². The number of hydrogen-bond donors (Lipinski definition) is 0. The van der Waals surface area contributed by atoms with E-state index in [9.17, 15) is 9.59 Å². The molecule has 0 aromatic heterocycles. The Morgan fingerprint density at radius 2 is 1.95 bits per heavy atom. The average Bonchev–Trinajstić information content (AvgIpc) is 2.46. The van der Waals surface area contributed by atoms with Gasteiger partial charge in [-0.1, -0.05) is 12.1 Å². The van der Waals surface area contributed by atoms with E-state index in [1.807, 2.05) is 25.1 Å². The van der Waals surface area contributed by atoms with Crippen molar-refractivity contribution >= 4 is 11.9 Å². The highest BCUT2D eigenvalue weighted by Crippen LogP contribution is 2.19. The summed E-state index contributed by atoms with van der Waals surface area (Å²) < 4.78 is 9.78. The van der Waals surface area contributed by atoms with Crippen molar-refractivity contribution in [1.82, 2.24) is 4.90 Å². The van der Waals surface area contributed by atoms with E-state index in [-0.39, 0.29) is 24.7 Å². The van der Waals surface area contributed by atoms with Crippen molar-refractivity contribution in [3.63, 3.8) is 0 Å². The molecule has 0 radical (unpaired) electrons. The van der Waals surface area contributed by atoms with Crippen molar-refractivity contribution in [1.29, 1.82) is 0 Å². The Hall–Kier alpha value is -2.04. The van der Waals surface area contributed by atoms with Crippen LogP contribution >= 0.6 is 0 Å². The van der Waals surface area contributed by atoms with E-state index in [0.29, 0.717) is 6.54 Å². The molecular formula is C15H21NO4. The highest BCUT2D eigenvalue weighted by Gasteiger charge is 2.12. The first-order chi connectivity index (χ1) is 9.47. The highest BCUT2D eigenvalue weighted by molar-refractivity contribution is 5.79. The summed E-state index contributed by atoms with van der Waals surface area (Å²) in [6.45, 7) is 2.31. The van der Waals surface area contributed by atoms with Crippen LogP contribution in [0.15, 0.2) is 18.2 Å². The van der Waals surface area contributed by atoms with Crippen LogP contribution in [0.4, 0.5) is 0 Å². The molecule has 1 rings (SSSR count). The summed E-state index contributed by atoms with van der Waals surface area (Å²) in [5, 5.41) is 0. The first-order valence-electron chi connectivity index (χ1n) is 6.42. The van der Waals surface area contributed by atoms with Crippen molar-refractivity contribution in [2.24, 2.45) is 0 Å². The highest BCUT2D eigenvalue weighted by atomic mass is 16.5. The summed E-state index contributed by atoms with van der Waals surface area (Å²) in [5.74, 6) is 0.411. The van der Waals surface area contributed by atoms with Gasteiger partial charge in [0.1, 0.15) is 5.75 Å². The lowest BCUT2D eigenvalue weighted by Crippen LogP contribution is -2.30. The molecule has 0 heterocycles. The van der Waals surface area contributed by atoms with Gasteiger partial charge in [0, 0.05) is 13.6 Å². The van der Waals surface area contributed by atoms with E-state index in [1.165, 1.54) is 12.0 Å². The number of amides is 1. The smallest absolute Gasteiger partial charge is 0.307 e. The molecule has 0 unspecified atom stereocenters. The summed E-state index contributed by atoms with van der Waals surface area (Å²) in [7, 11) is 4.62. The molecule has 5 heteroatoms. The van der Waals surface area contributed by atoms with Crippen LogP contribution in [0.25, 0.3) is 0 Å². The van der Waals surface area contributed by atoms with Gasteiger partial charge < -0.3 is 14.4 Å². The summed E-state index contributed by atoms with van der Waals surface area (Å²) >= 11 is 0. The van der Waals surface area contributed by atoms with Crippen molar-refractivity contribution in [3.8, 4) is 5.75 Å². The molecule has 0 fully saturated rings. The maximum Gasteiger partial charge on any atom is 0.307 e. The minimum atomic E-state index is -0.318. The fourth-order valence-electron chi connectivity index (χ4n) is 1.77. The Kier molecular flexibility index (Phi) is 6.03. The van der Waals surface area contributed by atoms with Crippen molar-refractivity contribution in [2.45, 2.75) is 19.8 Å². The lowest BCUT2D eigenvalue weighted by atomic mass is 10.1. The summed E-state index contributed by atoms with van der Waals surface area (Å²) in [6, 6.07) is 5.70. The lowest BCUT2D eigenvalue weighted by Gasteiger charge is -2.17. The van der Waals surface area contributed by atoms with E-state index < -0.39 is 0 Å². The maximum atomic E-state index is 12.0. The van der Waals surface area contributed by atoms with E-state index in [2.05, 4.69) is 4.74 Å². The zero-order valence-electron chi connectivity index (χ0n) is 12.4. The Morgan fingerprint density at radius 1 is 1.25 bits per heavy atom. The molecule has 0 aliphatic carbocycles. The molecule has 20 heavy (non-hydrogen) atoms. The number of aryl methyl sites for hydroxylation is 1. The predicted molar refractivity (Wildman–Crippen MR) is 75.7 cm³/mol. The van der Waals surface area contributed by atoms with Gasteiger partial charge in [0.2, 0.25) is 5.91 Å². The fraction of sp³-hybridized carbons (Fsp3) is 0.467. The van der Waals surface area contributed by atoms with Gasteiger partial charge in [-0.3, -0.25) is 9.59 Å². The molecule has 0 spiro atoms. The number of hydrogen-bond acceptors (Lipinski definition) is 4. The summed E-state index contributed by atoms with van der Waals surface area (Å²) in [4.78, 5) is 24.6. The number of methoxy groups -OCH3 is 2. The van der Waals surface area contributed by atoms with Crippen LogP contribution in [0.1, 0.15) is 17.5 Å². The molecule has 110 valence electrons. The number of nitrogens with zero attached hydrogens (tertiary/aromatic N) is 1. The van der Waals surface area contributed by atoms with Crippen molar-refractivity contribution in [2.75, 3.05) is 27.8 Å². The molecular weight excluding hydrogens is 258 g/mol. The number of ether oxygens (including phenoxy) is 2. The first-order valence-corrected chi connectivity index (χ1v) is 6.42. The molecule has 1 aromatic carbocycles. The fourth-order valence-corrected chi connectivity index (χ4v) is 1.77. The van der Waals surface area contributed by atoms with Gasteiger partial charge in [-0.15, -0.1) is 0 Å². The largest absolute Gasteiger partial charge is 0.496 e. The van der Waals surface area contributed by atoms with E-state index in [4.69, 9.17) is 4.74 Å². The van der Waals surface area contributed by atoms with Crippen LogP contribution in [-0.2, 0) is 20.7 Å². The van der Waals surface area contributed by atoms with Crippen molar-refractivity contribution < 1.29 is 19.1 Å². The number of carbonyl (C=O) groups excluding carboxylic acids is 2. The Bertz CT molecular complexity index is 485. The standard InChI is InChI=1S/C15H21NO4/c1-11-5-6-12(9-13(11)19-3)10-14(17)16(2)8-7-15(18)20-4/h5-6,9H,7-8,10H2,1-4H3.